The van der Waals surface area contributed by atoms with Gasteiger partial charge in [0.2, 0.25) is 0 Å². The standard InChI is InChI=1S/C10H22N2O2Si/c1-6-13-10(14-7-2)8-11-9-12-15(3,4)5/h10H,6-8H2,1-5H3. The first-order valence-electron chi connectivity index (χ1n) is 5.36. The van der Waals surface area contributed by atoms with Crippen LogP contribution >= 0.6 is 0 Å². The van der Waals surface area contributed by atoms with Crippen molar-refractivity contribution in [3.8, 4) is 0 Å². The van der Waals surface area contributed by atoms with Crippen LogP contribution in [-0.2, 0) is 9.47 Å². The van der Waals surface area contributed by atoms with Gasteiger partial charge in [-0.1, -0.05) is 0 Å². The molecule has 0 aromatic heterocycles. The Morgan fingerprint density at radius 2 is 1.67 bits per heavy atom. The molecule has 15 heavy (non-hydrogen) atoms. The lowest BCUT2D eigenvalue weighted by Gasteiger charge is -2.13. The van der Waals surface area contributed by atoms with Crippen molar-refractivity contribution in [2.45, 2.75) is 39.8 Å². The number of ether oxygens (including phenoxy) is 2. The summed E-state index contributed by atoms with van der Waals surface area (Å²) in [5, 5.41) is 0. The molecule has 5 heteroatoms. The second-order valence-electron chi connectivity index (χ2n) is 4.06. The minimum atomic E-state index is -1.43. The number of aliphatic imine (C=N–C) groups is 1. The molecule has 0 aliphatic rings. The molecule has 0 aromatic rings. The highest BCUT2D eigenvalue weighted by Gasteiger charge is 2.09. The molecule has 0 spiro atoms. The number of hydrogen-bond donors (Lipinski definition) is 0. The first-order valence-corrected chi connectivity index (χ1v) is 8.81. The average molecular weight is 230 g/mol. The van der Waals surface area contributed by atoms with Gasteiger partial charge in [-0.25, -0.2) is 4.99 Å². The van der Waals surface area contributed by atoms with Gasteiger partial charge in [-0.2, -0.15) is 0 Å². The summed E-state index contributed by atoms with van der Waals surface area (Å²) in [5.74, 6) is 0. The minimum Gasteiger partial charge on any atom is -0.351 e. The molecule has 0 bridgehead atoms. The van der Waals surface area contributed by atoms with Gasteiger partial charge in [0.1, 0.15) is 6.54 Å². The fourth-order valence-corrected chi connectivity index (χ4v) is 1.20. The monoisotopic (exact) mass is 230 g/mol. The summed E-state index contributed by atoms with van der Waals surface area (Å²) >= 11 is 0. The van der Waals surface area contributed by atoms with E-state index in [0.29, 0.717) is 19.8 Å². The van der Waals surface area contributed by atoms with E-state index in [-0.39, 0.29) is 6.29 Å². The van der Waals surface area contributed by atoms with Crippen LogP contribution in [-0.4, -0.2) is 40.3 Å². The van der Waals surface area contributed by atoms with Gasteiger partial charge >= 0.3 is 0 Å². The van der Waals surface area contributed by atoms with Gasteiger partial charge in [-0.15, -0.1) is 0 Å². The molecule has 0 saturated heterocycles. The first kappa shape index (κ1) is 14.5. The Labute approximate surface area is 93.5 Å². The van der Waals surface area contributed by atoms with Crippen LogP contribution in [0.1, 0.15) is 13.8 Å². The zero-order valence-corrected chi connectivity index (χ0v) is 11.4. The number of rotatable bonds is 7. The molecule has 0 saturated carbocycles. The van der Waals surface area contributed by atoms with Gasteiger partial charge in [0.05, 0.1) is 6.01 Å². The van der Waals surface area contributed by atoms with E-state index in [9.17, 15) is 0 Å². The van der Waals surface area contributed by atoms with Crippen molar-refractivity contribution in [2.75, 3.05) is 19.8 Å². The van der Waals surface area contributed by atoms with Crippen LogP contribution in [0, 0.1) is 0 Å². The lowest BCUT2D eigenvalue weighted by Crippen LogP contribution is -2.20. The van der Waals surface area contributed by atoms with Crippen molar-refractivity contribution < 1.29 is 9.47 Å². The summed E-state index contributed by atoms with van der Waals surface area (Å²) in [7, 11) is -1.43. The van der Waals surface area contributed by atoms with Crippen molar-refractivity contribution in [1.29, 1.82) is 0 Å². The molecule has 0 fully saturated rings. The third-order valence-electron chi connectivity index (χ3n) is 1.40. The Morgan fingerprint density at radius 3 is 2.07 bits per heavy atom. The third kappa shape index (κ3) is 9.81. The zero-order valence-electron chi connectivity index (χ0n) is 10.4. The van der Waals surface area contributed by atoms with Crippen LogP contribution in [0.4, 0.5) is 0 Å². The molecule has 0 aliphatic heterocycles. The van der Waals surface area contributed by atoms with Crippen LogP contribution in [0.3, 0.4) is 0 Å². The fourth-order valence-electron chi connectivity index (χ4n) is 0.826. The van der Waals surface area contributed by atoms with Crippen molar-refractivity contribution in [3.05, 3.63) is 0 Å². The minimum absolute atomic E-state index is 0.260. The average Bonchev–Trinajstić information content (AvgIpc) is 2.11. The van der Waals surface area contributed by atoms with E-state index in [1.54, 1.807) is 0 Å². The van der Waals surface area contributed by atoms with Gasteiger partial charge in [0, 0.05) is 13.2 Å². The van der Waals surface area contributed by atoms with Crippen molar-refractivity contribution in [1.82, 2.24) is 0 Å². The van der Waals surface area contributed by atoms with Crippen LogP contribution in [0.5, 0.6) is 0 Å². The Bertz CT molecular complexity index is 214. The van der Waals surface area contributed by atoms with Gasteiger partial charge < -0.3 is 9.47 Å². The molecule has 0 amide bonds. The van der Waals surface area contributed by atoms with Crippen LogP contribution in [0.15, 0.2) is 9.65 Å². The molecule has 0 heterocycles. The van der Waals surface area contributed by atoms with Crippen LogP contribution in [0.2, 0.25) is 19.6 Å². The summed E-state index contributed by atoms with van der Waals surface area (Å²) in [6.07, 6.45) is -0.260. The highest BCUT2D eigenvalue weighted by Crippen LogP contribution is 1.99. The molecule has 4 nitrogen and oxygen atoms in total. The van der Waals surface area contributed by atoms with Gasteiger partial charge in [0.15, 0.2) is 14.5 Å². The smallest absolute Gasteiger partial charge is 0.186 e. The predicted molar refractivity (Wildman–Crippen MR) is 65.1 cm³/mol. The lowest BCUT2D eigenvalue weighted by atomic mass is 10.6. The van der Waals surface area contributed by atoms with Gasteiger partial charge in [-0.05, 0) is 33.5 Å². The zero-order chi connectivity index (χ0) is 11.7. The molecular formula is C10H22N2O2Si. The highest BCUT2D eigenvalue weighted by molar-refractivity contribution is 6.75. The summed E-state index contributed by atoms with van der Waals surface area (Å²) in [6.45, 7) is 12.0. The fraction of sp³-hybridized carbons (Fsp3) is 0.900. The van der Waals surface area contributed by atoms with E-state index in [0.717, 1.165) is 0 Å². The highest BCUT2D eigenvalue weighted by atomic mass is 28.3. The van der Waals surface area contributed by atoms with Crippen molar-refractivity contribution >= 4 is 14.2 Å². The topological polar surface area (TPSA) is 43.2 Å². The maximum Gasteiger partial charge on any atom is 0.186 e. The number of nitrogens with zero attached hydrogens (tertiary/aromatic N) is 2. The normalized spacial score (nSPS) is 11.3. The van der Waals surface area contributed by atoms with Crippen LogP contribution < -0.4 is 0 Å². The molecule has 0 atom stereocenters. The third-order valence-corrected chi connectivity index (χ3v) is 2.17. The van der Waals surface area contributed by atoms with E-state index >= 15 is 0 Å². The van der Waals surface area contributed by atoms with E-state index in [1.165, 1.54) is 0 Å². The largest absolute Gasteiger partial charge is 0.351 e. The summed E-state index contributed by atoms with van der Waals surface area (Å²) < 4.78 is 14.9. The quantitative estimate of drug-likeness (QED) is 0.383. The van der Waals surface area contributed by atoms with Gasteiger partial charge in [0.25, 0.3) is 0 Å². The van der Waals surface area contributed by atoms with E-state index in [2.05, 4.69) is 35.3 Å². The molecule has 88 valence electrons. The summed E-state index contributed by atoms with van der Waals surface area (Å²) in [4.78, 5) is 4.06. The predicted octanol–water partition coefficient (Wildman–Crippen LogP) is 2.39. The summed E-state index contributed by atoms with van der Waals surface area (Å²) in [5.41, 5.74) is 0. The van der Waals surface area contributed by atoms with Gasteiger partial charge in [-0.3, -0.25) is 4.66 Å². The van der Waals surface area contributed by atoms with Crippen molar-refractivity contribution in [2.24, 2.45) is 9.65 Å². The molecular weight excluding hydrogens is 208 g/mol. The maximum absolute atomic E-state index is 5.33. The lowest BCUT2D eigenvalue weighted by molar-refractivity contribution is -0.128. The van der Waals surface area contributed by atoms with E-state index in [1.807, 2.05) is 13.8 Å². The second kappa shape index (κ2) is 7.76. The SMILES string of the molecule is CCOC(CN=C=N[Si](C)(C)C)OCC. The molecule has 0 aliphatic carbocycles. The Morgan fingerprint density at radius 1 is 1.13 bits per heavy atom. The Kier molecular flexibility index (Phi) is 7.51. The molecule has 0 aromatic carbocycles. The Balaban J connectivity index is 4.03. The van der Waals surface area contributed by atoms with E-state index in [4.69, 9.17) is 9.47 Å². The molecule has 0 rings (SSSR count). The molecule has 0 radical (unpaired) electrons. The summed E-state index contributed by atoms with van der Waals surface area (Å²) in [6, 6.07) is 2.72. The number of hydrogen-bond acceptors (Lipinski definition) is 4. The van der Waals surface area contributed by atoms with E-state index < -0.39 is 8.24 Å². The maximum atomic E-state index is 5.33. The van der Waals surface area contributed by atoms with Crippen LogP contribution in [0.25, 0.3) is 0 Å². The van der Waals surface area contributed by atoms with Crippen molar-refractivity contribution in [3.63, 3.8) is 0 Å². The molecule has 0 unspecified atom stereocenters. The second-order valence-corrected chi connectivity index (χ2v) is 8.63. The Hall–Kier alpha value is -0.483. The first-order chi connectivity index (χ1) is 6.99. The molecule has 0 N–H and O–H groups in total.